The zero-order chi connectivity index (χ0) is 13.2. The van der Waals surface area contributed by atoms with Crippen molar-refractivity contribution in [1.82, 2.24) is 4.90 Å². The van der Waals surface area contributed by atoms with Crippen molar-refractivity contribution >= 4 is 0 Å². The minimum atomic E-state index is -0.163. The van der Waals surface area contributed by atoms with Gasteiger partial charge in [-0.2, -0.15) is 5.26 Å². The number of likely N-dealkylation sites (tertiary alicyclic amines) is 1. The molecule has 0 unspecified atom stereocenters. The Labute approximate surface area is 108 Å². The van der Waals surface area contributed by atoms with Crippen LogP contribution in [0, 0.1) is 24.1 Å². The van der Waals surface area contributed by atoms with Crippen LogP contribution in [0.15, 0.2) is 18.2 Å². The van der Waals surface area contributed by atoms with E-state index in [2.05, 4.69) is 18.0 Å². The molecule has 1 fully saturated rings. The molecule has 0 aromatic heterocycles. The summed E-state index contributed by atoms with van der Waals surface area (Å²) in [6.45, 7) is 3.71. The zero-order valence-corrected chi connectivity index (χ0v) is 11.0. The van der Waals surface area contributed by atoms with Gasteiger partial charge in [-0.1, -0.05) is 12.1 Å². The summed E-state index contributed by atoms with van der Waals surface area (Å²) in [4.78, 5) is 2.26. The molecular formula is C15H19FN2. The second kappa shape index (κ2) is 5.07. The molecule has 18 heavy (non-hydrogen) atoms. The molecule has 1 aliphatic rings. The molecule has 96 valence electrons. The SMILES string of the molecule is Cc1ccc(C2(CC#N)CCN(C)CC2)cc1F. The summed E-state index contributed by atoms with van der Waals surface area (Å²) in [5, 5.41) is 9.08. The minimum absolute atomic E-state index is 0.157. The van der Waals surface area contributed by atoms with E-state index in [4.69, 9.17) is 5.26 Å². The van der Waals surface area contributed by atoms with Crippen LogP contribution >= 0.6 is 0 Å². The van der Waals surface area contributed by atoms with Crippen molar-refractivity contribution < 1.29 is 4.39 Å². The molecule has 0 radical (unpaired) electrons. The van der Waals surface area contributed by atoms with Crippen molar-refractivity contribution in [2.75, 3.05) is 20.1 Å². The van der Waals surface area contributed by atoms with Crippen LogP contribution in [-0.4, -0.2) is 25.0 Å². The van der Waals surface area contributed by atoms with Gasteiger partial charge in [-0.05, 0) is 57.1 Å². The van der Waals surface area contributed by atoms with Gasteiger partial charge in [-0.25, -0.2) is 4.39 Å². The fourth-order valence-electron chi connectivity index (χ4n) is 2.69. The standard InChI is InChI=1S/C15H19FN2/c1-12-3-4-13(11-14(12)16)15(5-8-17)6-9-18(2)10-7-15/h3-4,11H,5-7,9-10H2,1-2H3. The highest BCUT2D eigenvalue weighted by Gasteiger charge is 2.35. The van der Waals surface area contributed by atoms with E-state index in [9.17, 15) is 4.39 Å². The first-order valence-electron chi connectivity index (χ1n) is 6.39. The Morgan fingerprint density at radius 1 is 1.39 bits per heavy atom. The average Bonchev–Trinajstić information content (AvgIpc) is 2.36. The van der Waals surface area contributed by atoms with E-state index in [-0.39, 0.29) is 11.2 Å². The Morgan fingerprint density at radius 3 is 2.61 bits per heavy atom. The van der Waals surface area contributed by atoms with Gasteiger partial charge in [0.15, 0.2) is 0 Å². The number of hydrogen-bond donors (Lipinski definition) is 0. The van der Waals surface area contributed by atoms with Crippen molar-refractivity contribution in [2.24, 2.45) is 0 Å². The molecule has 0 spiro atoms. The van der Waals surface area contributed by atoms with Crippen LogP contribution in [0.2, 0.25) is 0 Å². The largest absolute Gasteiger partial charge is 0.306 e. The third-order valence-corrected chi connectivity index (χ3v) is 4.15. The molecule has 2 nitrogen and oxygen atoms in total. The summed E-state index contributed by atoms with van der Waals surface area (Å²) in [6.07, 6.45) is 2.34. The Morgan fingerprint density at radius 2 is 2.06 bits per heavy atom. The Hall–Kier alpha value is -1.40. The van der Waals surface area contributed by atoms with E-state index in [1.165, 1.54) is 0 Å². The predicted octanol–water partition coefficient (Wildman–Crippen LogP) is 3.01. The van der Waals surface area contributed by atoms with E-state index in [1.807, 2.05) is 12.1 Å². The summed E-state index contributed by atoms with van der Waals surface area (Å²) in [5.74, 6) is -0.163. The topological polar surface area (TPSA) is 27.0 Å². The van der Waals surface area contributed by atoms with Crippen LogP contribution in [0.1, 0.15) is 30.4 Å². The fourth-order valence-corrected chi connectivity index (χ4v) is 2.69. The number of rotatable bonds is 2. The molecule has 1 aliphatic heterocycles. The predicted molar refractivity (Wildman–Crippen MR) is 69.8 cm³/mol. The lowest BCUT2D eigenvalue weighted by Crippen LogP contribution is -2.40. The van der Waals surface area contributed by atoms with Crippen LogP contribution in [0.5, 0.6) is 0 Å². The second-order valence-corrected chi connectivity index (χ2v) is 5.38. The van der Waals surface area contributed by atoms with E-state index in [0.29, 0.717) is 12.0 Å². The molecule has 0 saturated carbocycles. The maximum absolute atomic E-state index is 13.7. The van der Waals surface area contributed by atoms with Crippen LogP contribution in [0.3, 0.4) is 0 Å². The zero-order valence-electron chi connectivity index (χ0n) is 11.0. The summed E-state index contributed by atoms with van der Waals surface area (Å²) in [5.41, 5.74) is 1.49. The fraction of sp³-hybridized carbons (Fsp3) is 0.533. The van der Waals surface area contributed by atoms with Crippen molar-refractivity contribution in [3.63, 3.8) is 0 Å². The van der Waals surface area contributed by atoms with Gasteiger partial charge < -0.3 is 4.90 Å². The van der Waals surface area contributed by atoms with E-state index >= 15 is 0 Å². The molecule has 0 amide bonds. The van der Waals surface area contributed by atoms with Crippen molar-refractivity contribution in [2.45, 2.75) is 31.6 Å². The van der Waals surface area contributed by atoms with Gasteiger partial charge in [0.05, 0.1) is 6.07 Å². The average molecular weight is 246 g/mol. The summed E-state index contributed by atoms with van der Waals surface area (Å²) in [7, 11) is 2.09. The van der Waals surface area contributed by atoms with Gasteiger partial charge in [-0.15, -0.1) is 0 Å². The molecule has 0 bridgehead atoms. The molecule has 0 atom stereocenters. The molecular weight excluding hydrogens is 227 g/mol. The van der Waals surface area contributed by atoms with Crippen molar-refractivity contribution in [1.29, 1.82) is 5.26 Å². The van der Waals surface area contributed by atoms with Gasteiger partial charge in [0, 0.05) is 11.8 Å². The molecule has 1 heterocycles. The number of nitrogens with zero attached hydrogens (tertiary/aromatic N) is 2. The van der Waals surface area contributed by atoms with Crippen LogP contribution in [0.4, 0.5) is 4.39 Å². The van der Waals surface area contributed by atoms with Crippen molar-refractivity contribution in [3.05, 3.63) is 35.1 Å². The van der Waals surface area contributed by atoms with Gasteiger partial charge >= 0.3 is 0 Å². The third-order valence-electron chi connectivity index (χ3n) is 4.15. The monoisotopic (exact) mass is 246 g/mol. The molecule has 2 rings (SSSR count). The quantitative estimate of drug-likeness (QED) is 0.802. The Balaban J connectivity index is 2.35. The van der Waals surface area contributed by atoms with Gasteiger partial charge in [0.1, 0.15) is 5.82 Å². The van der Waals surface area contributed by atoms with Gasteiger partial charge in [0.25, 0.3) is 0 Å². The summed E-state index contributed by atoms with van der Waals surface area (Å²) in [6, 6.07) is 7.72. The smallest absolute Gasteiger partial charge is 0.126 e. The highest BCUT2D eigenvalue weighted by Crippen LogP contribution is 2.38. The highest BCUT2D eigenvalue weighted by atomic mass is 19.1. The lowest BCUT2D eigenvalue weighted by molar-refractivity contribution is 0.189. The van der Waals surface area contributed by atoms with E-state index in [0.717, 1.165) is 31.5 Å². The maximum Gasteiger partial charge on any atom is 0.126 e. The minimum Gasteiger partial charge on any atom is -0.306 e. The lowest BCUT2D eigenvalue weighted by Gasteiger charge is -2.39. The van der Waals surface area contributed by atoms with Crippen molar-refractivity contribution in [3.8, 4) is 6.07 Å². The normalized spacial score (nSPS) is 19.4. The first kappa shape index (κ1) is 13.0. The Kier molecular flexibility index (Phi) is 3.68. The van der Waals surface area contributed by atoms with Crippen LogP contribution in [-0.2, 0) is 5.41 Å². The third kappa shape index (κ3) is 2.39. The summed E-state index contributed by atoms with van der Waals surface area (Å²) < 4.78 is 13.7. The van der Waals surface area contributed by atoms with Crippen LogP contribution < -0.4 is 0 Å². The molecule has 0 aliphatic carbocycles. The molecule has 1 saturated heterocycles. The summed E-state index contributed by atoms with van der Waals surface area (Å²) >= 11 is 0. The first-order valence-corrected chi connectivity index (χ1v) is 6.39. The maximum atomic E-state index is 13.7. The van der Waals surface area contributed by atoms with E-state index < -0.39 is 0 Å². The number of halogens is 1. The number of nitriles is 1. The first-order chi connectivity index (χ1) is 8.57. The second-order valence-electron chi connectivity index (χ2n) is 5.38. The van der Waals surface area contributed by atoms with Gasteiger partial charge in [0.2, 0.25) is 0 Å². The van der Waals surface area contributed by atoms with E-state index in [1.54, 1.807) is 13.0 Å². The number of aryl methyl sites for hydroxylation is 1. The molecule has 1 aromatic carbocycles. The van der Waals surface area contributed by atoms with Crippen LogP contribution in [0.25, 0.3) is 0 Å². The molecule has 3 heteroatoms. The highest BCUT2D eigenvalue weighted by molar-refractivity contribution is 5.31. The molecule has 0 N–H and O–H groups in total. The number of piperidine rings is 1. The Bertz CT molecular complexity index is 468. The number of hydrogen-bond acceptors (Lipinski definition) is 2. The lowest BCUT2D eigenvalue weighted by atomic mass is 9.70. The van der Waals surface area contributed by atoms with Gasteiger partial charge in [-0.3, -0.25) is 0 Å². The molecule has 1 aromatic rings. The number of benzene rings is 1.